The van der Waals surface area contributed by atoms with Crippen molar-refractivity contribution in [2.24, 2.45) is 23.5 Å². The predicted octanol–water partition coefficient (Wildman–Crippen LogP) is 4.29. The molecule has 0 amide bonds. The number of rotatable bonds is 4. The zero-order chi connectivity index (χ0) is 14.7. The smallest absolute Gasteiger partial charge is 0.122 e. The first-order valence-electron chi connectivity index (χ1n) is 7.59. The van der Waals surface area contributed by atoms with Crippen LogP contribution in [-0.2, 0) is 6.42 Å². The van der Waals surface area contributed by atoms with Gasteiger partial charge < -0.3 is 10.5 Å². The lowest BCUT2D eigenvalue weighted by Gasteiger charge is -2.36. The molecule has 20 heavy (non-hydrogen) atoms. The lowest BCUT2D eigenvalue weighted by atomic mass is 9.72. The number of hydrogen-bond donors (Lipinski definition) is 1. The van der Waals surface area contributed by atoms with Crippen molar-refractivity contribution in [3.05, 3.63) is 28.8 Å². The molecule has 0 saturated heterocycles. The Morgan fingerprint density at radius 3 is 2.75 bits per heavy atom. The van der Waals surface area contributed by atoms with Gasteiger partial charge in [-0.15, -0.1) is 0 Å². The third-order valence-electron chi connectivity index (χ3n) is 4.75. The van der Waals surface area contributed by atoms with Gasteiger partial charge in [0.25, 0.3) is 0 Å². The van der Waals surface area contributed by atoms with E-state index in [-0.39, 0.29) is 0 Å². The summed E-state index contributed by atoms with van der Waals surface area (Å²) in [6.07, 6.45) is 4.58. The molecule has 2 N–H and O–H groups in total. The quantitative estimate of drug-likeness (QED) is 0.899. The highest BCUT2D eigenvalue weighted by atomic mass is 35.5. The number of benzene rings is 1. The van der Waals surface area contributed by atoms with Gasteiger partial charge in [-0.1, -0.05) is 25.4 Å². The summed E-state index contributed by atoms with van der Waals surface area (Å²) in [5.41, 5.74) is 7.53. The highest BCUT2D eigenvalue weighted by Crippen LogP contribution is 2.36. The topological polar surface area (TPSA) is 35.2 Å². The van der Waals surface area contributed by atoms with Crippen LogP contribution in [0, 0.1) is 17.8 Å². The molecular formula is C17H26ClNO. The van der Waals surface area contributed by atoms with Gasteiger partial charge in [0.2, 0.25) is 0 Å². The van der Waals surface area contributed by atoms with Gasteiger partial charge in [0, 0.05) is 11.1 Å². The molecule has 2 nitrogen and oxygen atoms in total. The molecule has 3 heteroatoms. The second-order valence-electron chi connectivity index (χ2n) is 6.40. The second-order valence-corrected chi connectivity index (χ2v) is 6.84. The largest absolute Gasteiger partial charge is 0.496 e. The van der Waals surface area contributed by atoms with Crippen molar-refractivity contribution in [1.29, 1.82) is 0 Å². The number of hydrogen-bond acceptors (Lipinski definition) is 2. The van der Waals surface area contributed by atoms with E-state index in [1.165, 1.54) is 18.4 Å². The zero-order valence-corrected chi connectivity index (χ0v) is 13.5. The normalized spacial score (nSPS) is 26.8. The summed E-state index contributed by atoms with van der Waals surface area (Å²) >= 11 is 6.12. The maximum atomic E-state index is 6.34. The van der Waals surface area contributed by atoms with Gasteiger partial charge >= 0.3 is 0 Å². The molecule has 1 saturated carbocycles. The third kappa shape index (κ3) is 3.67. The second kappa shape index (κ2) is 6.82. The Labute approximate surface area is 127 Å². The first-order valence-corrected chi connectivity index (χ1v) is 7.97. The van der Waals surface area contributed by atoms with Gasteiger partial charge in [-0.25, -0.2) is 0 Å². The molecule has 0 aliphatic heterocycles. The van der Waals surface area contributed by atoms with E-state index in [1.807, 2.05) is 18.2 Å². The maximum Gasteiger partial charge on any atom is 0.122 e. The van der Waals surface area contributed by atoms with Gasteiger partial charge in [-0.3, -0.25) is 0 Å². The summed E-state index contributed by atoms with van der Waals surface area (Å²) in [7, 11) is 1.71. The van der Waals surface area contributed by atoms with Crippen molar-refractivity contribution in [2.45, 2.75) is 45.6 Å². The Morgan fingerprint density at radius 2 is 2.10 bits per heavy atom. The van der Waals surface area contributed by atoms with Gasteiger partial charge in [0.05, 0.1) is 7.11 Å². The first kappa shape index (κ1) is 15.7. The predicted molar refractivity (Wildman–Crippen MR) is 85.4 cm³/mol. The van der Waals surface area contributed by atoms with Crippen LogP contribution in [0.5, 0.6) is 5.75 Å². The summed E-state index contributed by atoms with van der Waals surface area (Å²) in [4.78, 5) is 0. The zero-order valence-electron chi connectivity index (χ0n) is 12.7. The summed E-state index contributed by atoms with van der Waals surface area (Å²) < 4.78 is 5.45. The SMILES string of the molecule is COc1ccc(Cl)cc1CC1CC(C(C)C)CCC1N. The highest BCUT2D eigenvalue weighted by molar-refractivity contribution is 6.30. The Kier molecular flexibility index (Phi) is 5.34. The highest BCUT2D eigenvalue weighted by Gasteiger charge is 2.30. The summed E-state index contributed by atoms with van der Waals surface area (Å²) in [5.74, 6) is 2.99. The average Bonchev–Trinajstić information content (AvgIpc) is 2.41. The Morgan fingerprint density at radius 1 is 1.35 bits per heavy atom. The number of ether oxygens (including phenoxy) is 1. The van der Waals surface area contributed by atoms with Crippen LogP contribution in [0.4, 0.5) is 0 Å². The van der Waals surface area contributed by atoms with Crippen LogP contribution in [0.1, 0.15) is 38.7 Å². The van der Waals surface area contributed by atoms with Crippen molar-refractivity contribution in [2.75, 3.05) is 7.11 Å². The molecule has 0 spiro atoms. The van der Waals surface area contributed by atoms with Crippen molar-refractivity contribution in [1.82, 2.24) is 0 Å². The van der Waals surface area contributed by atoms with Crippen LogP contribution in [0.2, 0.25) is 5.02 Å². The van der Waals surface area contributed by atoms with E-state index in [2.05, 4.69) is 13.8 Å². The van der Waals surface area contributed by atoms with Crippen molar-refractivity contribution in [3.63, 3.8) is 0 Å². The van der Waals surface area contributed by atoms with E-state index in [0.717, 1.165) is 35.4 Å². The van der Waals surface area contributed by atoms with Crippen LogP contribution in [-0.4, -0.2) is 13.2 Å². The lowest BCUT2D eigenvalue weighted by molar-refractivity contribution is 0.188. The van der Waals surface area contributed by atoms with Crippen molar-refractivity contribution >= 4 is 11.6 Å². The molecule has 3 unspecified atom stereocenters. The molecular weight excluding hydrogens is 270 g/mol. The van der Waals surface area contributed by atoms with E-state index >= 15 is 0 Å². The Balaban J connectivity index is 2.13. The maximum absolute atomic E-state index is 6.34. The van der Waals surface area contributed by atoms with Crippen LogP contribution in [0.15, 0.2) is 18.2 Å². The number of nitrogens with two attached hydrogens (primary N) is 1. The fraction of sp³-hybridized carbons (Fsp3) is 0.647. The molecule has 1 aromatic carbocycles. The fourth-order valence-electron chi connectivity index (χ4n) is 3.35. The minimum absolute atomic E-state index is 0.300. The molecule has 1 aliphatic carbocycles. The average molecular weight is 296 g/mol. The summed E-state index contributed by atoms with van der Waals surface area (Å²) in [5, 5.41) is 0.769. The van der Waals surface area contributed by atoms with E-state index in [0.29, 0.717) is 12.0 Å². The van der Waals surface area contributed by atoms with Crippen LogP contribution < -0.4 is 10.5 Å². The minimum atomic E-state index is 0.300. The molecule has 1 fully saturated rings. The van der Waals surface area contributed by atoms with E-state index in [9.17, 15) is 0 Å². The van der Waals surface area contributed by atoms with Crippen LogP contribution >= 0.6 is 11.6 Å². The standard InChI is InChI=1S/C17H26ClNO/c1-11(2)12-4-6-16(19)13(8-12)9-14-10-15(18)5-7-17(14)20-3/h5,7,10-13,16H,4,6,8-9,19H2,1-3H3. The number of halogens is 1. The molecule has 0 radical (unpaired) electrons. The van der Waals surface area contributed by atoms with Gasteiger partial charge in [0.15, 0.2) is 0 Å². The van der Waals surface area contributed by atoms with Crippen molar-refractivity contribution in [3.8, 4) is 5.75 Å². The van der Waals surface area contributed by atoms with Gasteiger partial charge in [-0.05, 0) is 67.2 Å². The molecule has 1 aliphatic rings. The van der Waals surface area contributed by atoms with E-state index in [1.54, 1.807) is 7.11 Å². The summed E-state index contributed by atoms with van der Waals surface area (Å²) in [6.45, 7) is 4.64. The fourth-order valence-corrected chi connectivity index (χ4v) is 3.55. The molecule has 3 atom stereocenters. The Bertz CT molecular complexity index is 447. The van der Waals surface area contributed by atoms with E-state index in [4.69, 9.17) is 22.1 Å². The van der Waals surface area contributed by atoms with Gasteiger partial charge in [-0.2, -0.15) is 0 Å². The molecule has 0 aromatic heterocycles. The molecule has 0 bridgehead atoms. The lowest BCUT2D eigenvalue weighted by Crippen LogP contribution is -2.38. The molecule has 0 heterocycles. The molecule has 112 valence electrons. The first-order chi connectivity index (χ1) is 9.51. The number of methoxy groups -OCH3 is 1. The molecule has 1 aromatic rings. The monoisotopic (exact) mass is 295 g/mol. The van der Waals surface area contributed by atoms with Gasteiger partial charge in [0.1, 0.15) is 5.75 Å². The Hall–Kier alpha value is -0.730. The van der Waals surface area contributed by atoms with Crippen molar-refractivity contribution < 1.29 is 4.74 Å². The molecule has 2 rings (SSSR count). The minimum Gasteiger partial charge on any atom is -0.496 e. The van der Waals surface area contributed by atoms with Crippen LogP contribution in [0.25, 0.3) is 0 Å². The summed E-state index contributed by atoms with van der Waals surface area (Å²) in [6, 6.07) is 6.15. The third-order valence-corrected chi connectivity index (χ3v) is 4.98. The van der Waals surface area contributed by atoms with E-state index < -0.39 is 0 Å². The van der Waals surface area contributed by atoms with Crippen LogP contribution in [0.3, 0.4) is 0 Å².